The third kappa shape index (κ3) is 3.67. The van der Waals surface area contributed by atoms with Gasteiger partial charge in [0.05, 0.1) is 10.7 Å². The van der Waals surface area contributed by atoms with Gasteiger partial charge in [-0.25, -0.2) is 0 Å². The number of hydrogen-bond acceptors (Lipinski definition) is 1. The second-order valence-electron chi connectivity index (χ2n) is 3.95. The summed E-state index contributed by atoms with van der Waals surface area (Å²) in [6, 6.07) is 3.74. The number of halogens is 1. The third-order valence-corrected chi connectivity index (χ3v) is 2.72. The number of pyridine rings is 1. The molecule has 0 saturated heterocycles. The van der Waals surface area contributed by atoms with E-state index in [2.05, 4.69) is 31.8 Å². The van der Waals surface area contributed by atoms with E-state index in [0.29, 0.717) is 5.92 Å². The smallest absolute Gasteiger partial charge is 0.0841 e. The Hall–Kier alpha value is -0.820. The molecule has 0 aromatic carbocycles. The summed E-state index contributed by atoms with van der Waals surface area (Å²) in [6.07, 6.45) is 6.45. The summed E-state index contributed by atoms with van der Waals surface area (Å²) in [5.41, 5.74) is 2.07. The Balaban J connectivity index is 2.84. The van der Waals surface area contributed by atoms with Gasteiger partial charge < -0.3 is 0 Å². The molecular formula is C13H18ClN. The van der Waals surface area contributed by atoms with E-state index in [1.807, 2.05) is 12.1 Å². The van der Waals surface area contributed by atoms with Gasteiger partial charge in [-0.1, -0.05) is 37.9 Å². The first-order chi connectivity index (χ1) is 7.15. The van der Waals surface area contributed by atoms with Crippen molar-refractivity contribution in [1.29, 1.82) is 0 Å². The van der Waals surface area contributed by atoms with E-state index >= 15 is 0 Å². The predicted molar refractivity (Wildman–Crippen MR) is 67.0 cm³/mol. The van der Waals surface area contributed by atoms with Crippen molar-refractivity contribution in [3.8, 4) is 0 Å². The number of rotatable bonds is 4. The van der Waals surface area contributed by atoms with Gasteiger partial charge in [0.2, 0.25) is 0 Å². The van der Waals surface area contributed by atoms with Crippen molar-refractivity contribution in [2.45, 2.75) is 33.6 Å². The summed E-state index contributed by atoms with van der Waals surface area (Å²) >= 11 is 6.08. The maximum Gasteiger partial charge on any atom is 0.0841 e. The van der Waals surface area contributed by atoms with Crippen molar-refractivity contribution < 1.29 is 0 Å². The van der Waals surface area contributed by atoms with Gasteiger partial charge in [0, 0.05) is 6.20 Å². The summed E-state index contributed by atoms with van der Waals surface area (Å²) in [6.45, 7) is 6.50. The van der Waals surface area contributed by atoms with Crippen LogP contribution >= 0.6 is 11.6 Å². The molecule has 0 fully saturated rings. The molecule has 0 aliphatic heterocycles. The van der Waals surface area contributed by atoms with Crippen LogP contribution < -0.4 is 0 Å². The van der Waals surface area contributed by atoms with Crippen molar-refractivity contribution in [1.82, 2.24) is 4.98 Å². The van der Waals surface area contributed by atoms with Crippen molar-refractivity contribution in [2.75, 3.05) is 0 Å². The number of hydrogen-bond donors (Lipinski definition) is 0. The van der Waals surface area contributed by atoms with E-state index in [1.54, 1.807) is 6.20 Å². The van der Waals surface area contributed by atoms with Crippen LogP contribution in [-0.4, -0.2) is 4.98 Å². The van der Waals surface area contributed by atoms with E-state index in [4.69, 9.17) is 11.6 Å². The molecule has 0 aliphatic carbocycles. The lowest BCUT2D eigenvalue weighted by Gasteiger charge is -2.07. The first-order valence-electron chi connectivity index (χ1n) is 5.44. The lowest BCUT2D eigenvalue weighted by atomic mass is 10.0. The van der Waals surface area contributed by atoms with Crippen molar-refractivity contribution in [3.63, 3.8) is 0 Å². The molecule has 1 unspecified atom stereocenters. The highest BCUT2D eigenvalue weighted by Crippen LogP contribution is 2.22. The molecule has 1 aromatic rings. The van der Waals surface area contributed by atoms with Crippen LogP contribution in [0.2, 0.25) is 5.02 Å². The summed E-state index contributed by atoms with van der Waals surface area (Å²) in [7, 11) is 0. The Morgan fingerprint density at radius 1 is 1.60 bits per heavy atom. The quantitative estimate of drug-likeness (QED) is 0.729. The maximum atomic E-state index is 6.08. The van der Waals surface area contributed by atoms with Gasteiger partial charge in [0.1, 0.15) is 0 Å². The van der Waals surface area contributed by atoms with Crippen LogP contribution in [0.5, 0.6) is 0 Å². The van der Waals surface area contributed by atoms with Crippen LogP contribution in [0.4, 0.5) is 0 Å². The lowest BCUT2D eigenvalue weighted by Crippen LogP contribution is -1.92. The van der Waals surface area contributed by atoms with Crippen molar-refractivity contribution in [2.24, 2.45) is 5.92 Å². The molecule has 1 rings (SSSR count). The Morgan fingerprint density at radius 3 is 2.93 bits per heavy atom. The lowest BCUT2D eigenvalue weighted by molar-refractivity contribution is 0.635. The van der Waals surface area contributed by atoms with Gasteiger partial charge in [0.25, 0.3) is 0 Å². The van der Waals surface area contributed by atoms with Crippen LogP contribution in [-0.2, 0) is 0 Å². The molecule has 1 nitrogen and oxygen atoms in total. The molecule has 1 aromatic heterocycles. The van der Waals surface area contributed by atoms with E-state index < -0.39 is 0 Å². The Morgan fingerprint density at radius 2 is 2.33 bits per heavy atom. The van der Waals surface area contributed by atoms with Crippen LogP contribution in [0, 0.1) is 5.92 Å². The SMILES string of the molecule is CCCC(C)/C=C(\C)c1ncccc1Cl. The van der Waals surface area contributed by atoms with Gasteiger partial charge in [-0.2, -0.15) is 0 Å². The number of aromatic nitrogens is 1. The molecule has 1 heterocycles. The molecule has 0 amide bonds. The molecule has 0 N–H and O–H groups in total. The van der Waals surface area contributed by atoms with Gasteiger partial charge in [-0.05, 0) is 37.0 Å². The molecule has 0 radical (unpaired) electrons. The first-order valence-corrected chi connectivity index (χ1v) is 5.82. The molecule has 0 spiro atoms. The Labute approximate surface area is 97.2 Å². The van der Waals surface area contributed by atoms with Crippen LogP contribution in [0.15, 0.2) is 24.4 Å². The summed E-state index contributed by atoms with van der Waals surface area (Å²) in [5, 5.41) is 0.731. The fraction of sp³-hybridized carbons (Fsp3) is 0.462. The zero-order valence-corrected chi connectivity index (χ0v) is 10.4. The molecule has 82 valence electrons. The molecule has 0 bridgehead atoms. The molecule has 15 heavy (non-hydrogen) atoms. The normalized spacial score (nSPS) is 14.0. The zero-order chi connectivity index (χ0) is 11.3. The summed E-state index contributed by atoms with van der Waals surface area (Å²) < 4.78 is 0. The average molecular weight is 224 g/mol. The fourth-order valence-corrected chi connectivity index (χ4v) is 1.99. The van der Waals surface area contributed by atoms with Crippen LogP contribution in [0.25, 0.3) is 5.57 Å². The second kappa shape index (κ2) is 5.92. The average Bonchev–Trinajstić information content (AvgIpc) is 2.18. The minimum Gasteiger partial charge on any atom is -0.255 e. The Kier molecular flexibility index (Phi) is 4.83. The highest BCUT2D eigenvalue weighted by Gasteiger charge is 2.04. The minimum atomic E-state index is 0.591. The second-order valence-corrected chi connectivity index (χ2v) is 4.36. The van der Waals surface area contributed by atoms with Gasteiger partial charge in [-0.3, -0.25) is 4.98 Å². The van der Waals surface area contributed by atoms with Crippen LogP contribution in [0.1, 0.15) is 39.3 Å². The minimum absolute atomic E-state index is 0.591. The van der Waals surface area contributed by atoms with E-state index in [9.17, 15) is 0 Å². The van der Waals surface area contributed by atoms with E-state index in [-0.39, 0.29) is 0 Å². The first kappa shape index (κ1) is 12.3. The number of nitrogens with zero attached hydrogens (tertiary/aromatic N) is 1. The highest BCUT2D eigenvalue weighted by atomic mass is 35.5. The monoisotopic (exact) mass is 223 g/mol. The van der Waals surface area contributed by atoms with Gasteiger partial charge in [0.15, 0.2) is 0 Å². The largest absolute Gasteiger partial charge is 0.255 e. The summed E-state index contributed by atoms with van der Waals surface area (Å²) in [4.78, 5) is 4.29. The highest BCUT2D eigenvalue weighted by molar-refractivity contribution is 6.32. The molecule has 0 saturated carbocycles. The van der Waals surface area contributed by atoms with E-state index in [0.717, 1.165) is 10.7 Å². The molecular weight excluding hydrogens is 206 g/mol. The molecule has 0 aliphatic rings. The van der Waals surface area contributed by atoms with Gasteiger partial charge in [-0.15, -0.1) is 0 Å². The predicted octanol–water partition coefficient (Wildman–Crippen LogP) is 4.57. The Bertz CT molecular complexity index is 344. The van der Waals surface area contributed by atoms with Crippen molar-refractivity contribution >= 4 is 17.2 Å². The van der Waals surface area contributed by atoms with Gasteiger partial charge >= 0.3 is 0 Å². The standard InChI is InChI=1S/C13H18ClN/c1-4-6-10(2)9-11(3)13-12(14)7-5-8-15-13/h5,7-10H,4,6H2,1-3H3/b11-9+. The molecule has 1 atom stereocenters. The number of allylic oxidation sites excluding steroid dienone is 2. The van der Waals surface area contributed by atoms with E-state index in [1.165, 1.54) is 18.4 Å². The van der Waals surface area contributed by atoms with Crippen molar-refractivity contribution in [3.05, 3.63) is 35.1 Å². The summed E-state index contributed by atoms with van der Waals surface area (Å²) in [5.74, 6) is 0.591. The van der Waals surface area contributed by atoms with Crippen LogP contribution in [0.3, 0.4) is 0 Å². The zero-order valence-electron chi connectivity index (χ0n) is 9.63. The fourth-order valence-electron chi connectivity index (χ4n) is 1.72. The maximum absolute atomic E-state index is 6.08. The third-order valence-electron chi connectivity index (χ3n) is 2.41. The topological polar surface area (TPSA) is 12.9 Å². The molecule has 2 heteroatoms.